The maximum Gasteiger partial charge on any atom is 0.330 e. The van der Waals surface area contributed by atoms with Gasteiger partial charge in [0.2, 0.25) is 5.91 Å². The number of aromatic nitrogens is 2. The summed E-state index contributed by atoms with van der Waals surface area (Å²) in [5, 5.41) is 0.832. The Kier molecular flexibility index (Phi) is 7.93. The Morgan fingerprint density at radius 1 is 1.28 bits per heavy atom. The van der Waals surface area contributed by atoms with E-state index in [1.807, 2.05) is 20.8 Å². The van der Waals surface area contributed by atoms with Crippen LogP contribution >= 0.6 is 23.2 Å². The fraction of sp³-hybridized carbons (Fsp3) is 0.450. The third kappa shape index (κ3) is 5.64. The molecule has 0 bridgehead atoms. The van der Waals surface area contributed by atoms with E-state index < -0.39 is 11.2 Å². The molecule has 0 atom stereocenters. The molecular weight excluding hydrogens is 415 g/mol. The number of carbonyl (C=O) groups excluding carboxylic acids is 1. The first-order valence-electron chi connectivity index (χ1n) is 9.52. The molecule has 0 aliphatic rings. The number of unbranched alkanes of at least 4 members (excludes halogenated alkanes) is 1. The van der Waals surface area contributed by atoms with Crippen molar-refractivity contribution >= 4 is 40.6 Å². The average Bonchev–Trinajstić information content (AvgIpc) is 2.62. The lowest BCUT2D eigenvalue weighted by Crippen LogP contribution is -2.43. The highest BCUT2D eigenvalue weighted by molar-refractivity contribution is 6.35. The smallest absolute Gasteiger partial charge is 0.330 e. The lowest BCUT2D eigenvalue weighted by molar-refractivity contribution is -0.118. The van der Waals surface area contributed by atoms with E-state index in [0.717, 1.165) is 6.42 Å². The molecule has 0 radical (unpaired) electrons. The maximum atomic E-state index is 13.1. The molecule has 0 saturated heterocycles. The number of amides is 1. The Bertz CT molecular complexity index is 998. The minimum atomic E-state index is -0.684. The van der Waals surface area contributed by atoms with Crippen LogP contribution in [-0.4, -0.2) is 22.0 Å². The molecule has 7 nitrogen and oxygen atoms in total. The van der Waals surface area contributed by atoms with Gasteiger partial charge in [-0.05, 0) is 30.0 Å². The lowest BCUT2D eigenvalue weighted by Gasteiger charge is -2.26. The van der Waals surface area contributed by atoms with Crippen molar-refractivity contribution in [2.75, 3.05) is 17.2 Å². The summed E-state index contributed by atoms with van der Waals surface area (Å²) in [6.07, 6.45) is 1.54. The molecule has 0 unspecified atom stereocenters. The van der Waals surface area contributed by atoms with E-state index >= 15 is 0 Å². The number of carbonyl (C=O) groups is 1. The number of hydrogen-bond donors (Lipinski definition) is 2. The van der Waals surface area contributed by atoms with E-state index in [-0.39, 0.29) is 36.3 Å². The number of hydrogen-bond acceptors (Lipinski definition) is 4. The normalized spacial score (nSPS) is 11.1. The SMILES string of the molecule is CCCCn1c(N)c(N(CC(C)C)C(=O)Cc2ccc(Cl)cc2Cl)c(=O)[nH]c1=O. The van der Waals surface area contributed by atoms with Gasteiger partial charge in [-0.15, -0.1) is 0 Å². The largest absolute Gasteiger partial charge is 0.383 e. The summed E-state index contributed by atoms with van der Waals surface area (Å²) in [4.78, 5) is 41.5. The Balaban J connectivity index is 2.50. The number of anilines is 2. The average molecular weight is 441 g/mol. The number of nitrogen functional groups attached to an aromatic ring is 1. The van der Waals surface area contributed by atoms with Crippen molar-refractivity contribution in [3.8, 4) is 0 Å². The highest BCUT2D eigenvalue weighted by Crippen LogP contribution is 2.24. The van der Waals surface area contributed by atoms with Gasteiger partial charge in [-0.1, -0.05) is 56.5 Å². The van der Waals surface area contributed by atoms with Gasteiger partial charge in [0, 0.05) is 23.1 Å². The van der Waals surface area contributed by atoms with Crippen molar-refractivity contribution in [1.29, 1.82) is 0 Å². The quantitative estimate of drug-likeness (QED) is 0.655. The Morgan fingerprint density at radius 2 is 1.97 bits per heavy atom. The molecule has 158 valence electrons. The van der Waals surface area contributed by atoms with Gasteiger partial charge < -0.3 is 10.6 Å². The molecular formula is C20H26Cl2N4O3. The molecule has 1 heterocycles. The van der Waals surface area contributed by atoms with Crippen LogP contribution in [0.3, 0.4) is 0 Å². The fourth-order valence-corrected chi connectivity index (χ4v) is 3.46. The predicted molar refractivity (Wildman–Crippen MR) is 118 cm³/mol. The molecule has 0 saturated carbocycles. The van der Waals surface area contributed by atoms with Crippen molar-refractivity contribution in [1.82, 2.24) is 9.55 Å². The number of nitrogens with one attached hydrogen (secondary N) is 1. The highest BCUT2D eigenvalue weighted by Gasteiger charge is 2.25. The van der Waals surface area contributed by atoms with Crippen LogP contribution in [-0.2, 0) is 17.8 Å². The number of rotatable bonds is 8. The molecule has 1 aromatic carbocycles. The molecule has 2 aromatic rings. The summed E-state index contributed by atoms with van der Waals surface area (Å²) in [7, 11) is 0. The molecule has 1 aromatic heterocycles. The fourth-order valence-electron chi connectivity index (χ4n) is 2.98. The number of H-pyrrole nitrogens is 1. The summed E-state index contributed by atoms with van der Waals surface area (Å²) < 4.78 is 1.30. The molecule has 9 heteroatoms. The van der Waals surface area contributed by atoms with Crippen LogP contribution in [0.25, 0.3) is 0 Å². The van der Waals surface area contributed by atoms with Gasteiger partial charge in [-0.25, -0.2) is 4.79 Å². The summed E-state index contributed by atoms with van der Waals surface area (Å²) in [6, 6.07) is 4.88. The Labute approximate surface area is 179 Å². The maximum absolute atomic E-state index is 13.1. The first-order valence-corrected chi connectivity index (χ1v) is 10.3. The minimum absolute atomic E-state index is 0.00973. The lowest BCUT2D eigenvalue weighted by atomic mass is 10.1. The van der Waals surface area contributed by atoms with Crippen molar-refractivity contribution in [3.05, 3.63) is 54.6 Å². The van der Waals surface area contributed by atoms with Gasteiger partial charge in [-0.2, -0.15) is 0 Å². The molecule has 0 aliphatic heterocycles. The van der Waals surface area contributed by atoms with E-state index in [1.54, 1.807) is 18.2 Å². The Morgan fingerprint density at radius 3 is 2.55 bits per heavy atom. The second-order valence-corrected chi connectivity index (χ2v) is 8.15. The number of nitrogens with two attached hydrogens (primary N) is 1. The van der Waals surface area contributed by atoms with Gasteiger partial charge in [0.05, 0.1) is 6.42 Å². The molecule has 29 heavy (non-hydrogen) atoms. The molecule has 3 N–H and O–H groups in total. The number of aromatic amines is 1. The van der Waals surface area contributed by atoms with Gasteiger partial charge in [0.1, 0.15) is 5.82 Å². The third-order valence-electron chi connectivity index (χ3n) is 4.42. The topological polar surface area (TPSA) is 101 Å². The zero-order valence-electron chi connectivity index (χ0n) is 16.8. The highest BCUT2D eigenvalue weighted by atomic mass is 35.5. The molecule has 2 rings (SSSR count). The van der Waals surface area contributed by atoms with Crippen LogP contribution in [0.2, 0.25) is 10.0 Å². The third-order valence-corrected chi connectivity index (χ3v) is 5.01. The summed E-state index contributed by atoms with van der Waals surface area (Å²) >= 11 is 12.1. The van der Waals surface area contributed by atoms with E-state index in [9.17, 15) is 14.4 Å². The number of nitrogens with zero attached hydrogens (tertiary/aromatic N) is 2. The Hall–Kier alpha value is -2.25. The first kappa shape index (κ1) is 23.0. The molecule has 0 spiro atoms. The van der Waals surface area contributed by atoms with Crippen molar-refractivity contribution in [2.45, 2.75) is 46.6 Å². The molecule has 1 amide bonds. The van der Waals surface area contributed by atoms with E-state index in [0.29, 0.717) is 28.6 Å². The summed E-state index contributed by atoms with van der Waals surface area (Å²) in [6.45, 7) is 6.46. The van der Waals surface area contributed by atoms with Crippen LogP contribution in [0.15, 0.2) is 27.8 Å². The standard InChI is InChI=1S/C20H26Cl2N4O3/c1-4-5-8-25-18(23)17(19(28)24-20(25)29)26(11-12(2)3)16(27)9-13-6-7-14(21)10-15(13)22/h6-7,10,12H,4-5,8-9,11,23H2,1-3H3,(H,24,28,29). The van der Waals surface area contributed by atoms with Gasteiger partial charge in [0.25, 0.3) is 5.56 Å². The number of halogens is 2. The molecule has 0 fully saturated rings. The second-order valence-electron chi connectivity index (χ2n) is 7.31. The zero-order chi connectivity index (χ0) is 21.7. The van der Waals surface area contributed by atoms with Gasteiger partial charge >= 0.3 is 5.69 Å². The van der Waals surface area contributed by atoms with E-state index in [4.69, 9.17) is 28.9 Å². The summed E-state index contributed by atoms with van der Waals surface area (Å²) in [5.41, 5.74) is 5.50. The van der Waals surface area contributed by atoms with Crippen molar-refractivity contribution in [2.24, 2.45) is 5.92 Å². The van der Waals surface area contributed by atoms with Crippen LogP contribution in [0, 0.1) is 5.92 Å². The second kappa shape index (κ2) is 9.98. The summed E-state index contributed by atoms with van der Waals surface area (Å²) in [5.74, 6) is -0.293. The van der Waals surface area contributed by atoms with Crippen LogP contribution in [0.1, 0.15) is 39.2 Å². The van der Waals surface area contributed by atoms with Crippen molar-refractivity contribution < 1.29 is 4.79 Å². The van der Waals surface area contributed by atoms with Crippen LogP contribution in [0.4, 0.5) is 11.5 Å². The number of benzene rings is 1. The first-order chi connectivity index (χ1) is 13.6. The van der Waals surface area contributed by atoms with Crippen LogP contribution < -0.4 is 21.9 Å². The monoisotopic (exact) mass is 440 g/mol. The van der Waals surface area contributed by atoms with E-state index in [2.05, 4.69) is 4.98 Å². The van der Waals surface area contributed by atoms with Crippen LogP contribution in [0.5, 0.6) is 0 Å². The van der Waals surface area contributed by atoms with Gasteiger partial charge in [0.15, 0.2) is 5.69 Å². The minimum Gasteiger partial charge on any atom is -0.383 e. The van der Waals surface area contributed by atoms with Gasteiger partial charge in [-0.3, -0.25) is 19.1 Å². The zero-order valence-corrected chi connectivity index (χ0v) is 18.3. The predicted octanol–water partition coefficient (Wildman–Crippen LogP) is 3.46. The van der Waals surface area contributed by atoms with E-state index in [1.165, 1.54) is 9.47 Å². The molecule has 0 aliphatic carbocycles. The van der Waals surface area contributed by atoms with Crippen molar-refractivity contribution in [3.63, 3.8) is 0 Å².